The molecule has 2 aliphatic heterocycles. The van der Waals surface area contributed by atoms with Gasteiger partial charge in [0.15, 0.2) is 15.7 Å². The second-order valence-electron chi connectivity index (χ2n) is 9.50. The zero-order valence-corrected chi connectivity index (χ0v) is 20.8. The summed E-state index contributed by atoms with van der Waals surface area (Å²) in [4.78, 5) is 15.4. The predicted octanol–water partition coefficient (Wildman–Crippen LogP) is 3.68. The van der Waals surface area contributed by atoms with Crippen molar-refractivity contribution < 1.29 is 17.9 Å². The van der Waals surface area contributed by atoms with Crippen LogP contribution in [0.1, 0.15) is 39.3 Å². The molecule has 34 heavy (non-hydrogen) atoms. The third-order valence-electron chi connectivity index (χ3n) is 7.14. The Kier molecular flexibility index (Phi) is 6.12. The molecule has 1 unspecified atom stereocenters. The van der Waals surface area contributed by atoms with Gasteiger partial charge in [0.25, 0.3) is 0 Å². The Labute approximate surface area is 200 Å². The molecule has 0 amide bonds. The van der Waals surface area contributed by atoms with E-state index >= 15 is 0 Å². The van der Waals surface area contributed by atoms with Crippen LogP contribution >= 0.6 is 0 Å². The van der Waals surface area contributed by atoms with Gasteiger partial charge in [-0.05, 0) is 45.7 Å². The summed E-state index contributed by atoms with van der Waals surface area (Å²) in [5.74, 6) is 1.29. The zero-order chi connectivity index (χ0) is 23.9. The fraction of sp³-hybridized carbons (Fsp3) is 0.520. The molecule has 2 fully saturated rings. The van der Waals surface area contributed by atoms with Gasteiger partial charge in [-0.1, -0.05) is 12.1 Å². The second kappa shape index (κ2) is 8.94. The molecule has 0 aliphatic carbocycles. The van der Waals surface area contributed by atoms with Crippen LogP contribution in [-0.4, -0.2) is 67.6 Å². The number of sulfone groups is 1. The molecule has 0 spiro atoms. The summed E-state index contributed by atoms with van der Waals surface area (Å²) in [6, 6.07) is 10.0. The maximum atomic E-state index is 13.8. The maximum absolute atomic E-state index is 13.8. The third kappa shape index (κ3) is 3.79. The second-order valence-corrected chi connectivity index (χ2v) is 12.3. The molecule has 182 valence electrons. The van der Waals surface area contributed by atoms with Gasteiger partial charge in [-0.15, -0.1) is 0 Å². The van der Waals surface area contributed by atoms with Crippen molar-refractivity contribution in [3.8, 4) is 11.4 Å². The van der Waals surface area contributed by atoms with Gasteiger partial charge in [0.05, 0.1) is 30.2 Å². The van der Waals surface area contributed by atoms with E-state index in [9.17, 15) is 8.42 Å². The van der Waals surface area contributed by atoms with E-state index in [2.05, 4.69) is 16.8 Å². The van der Waals surface area contributed by atoms with Crippen LogP contribution in [0.4, 0.5) is 5.82 Å². The molecule has 3 aromatic rings. The number of ether oxygens (including phenoxy) is 2. The molecule has 0 bridgehead atoms. The van der Waals surface area contributed by atoms with Gasteiger partial charge in [-0.2, -0.15) is 0 Å². The first-order valence-electron chi connectivity index (χ1n) is 11.9. The Hall–Kier alpha value is -2.49. The molecule has 8 nitrogen and oxygen atoms in total. The molecule has 4 heterocycles. The maximum Gasteiger partial charge on any atom is 0.164 e. The van der Waals surface area contributed by atoms with Gasteiger partial charge < -0.3 is 19.4 Å². The molecule has 2 aliphatic rings. The summed E-state index contributed by atoms with van der Waals surface area (Å²) in [5.41, 5.74) is 2.44. The van der Waals surface area contributed by atoms with Crippen molar-refractivity contribution >= 4 is 26.6 Å². The number of fused-ring (bicyclic) bond motifs is 1. The van der Waals surface area contributed by atoms with Crippen LogP contribution < -0.4 is 4.90 Å². The number of nitrogens with one attached hydrogen (secondary N) is 1. The lowest BCUT2D eigenvalue weighted by molar-refractivity contribution is 0.0727. The Bertz CT molecular complexity index is 1280. The Morgan fingerprint density at radius 3 is 2.65 bits per heavy atom. The van der Waals surface area contributed by atoms with E-state index in [1.807, 2.05) is 36.5 Å². The minimum atomic E-state index is -3.53. The largest absolute Gasteiger partial charge is 0.381 e. The van der Waals surface area contributed by atoms with Crippen molar-refractivity contribution in [2.24, 2.45) is 0 Å². The topological polar surface area (TPSA) is 97.4 Å². The number of anilines is 1. The number of aromatic nitrogens is 3. The summed E-state index contributed by atoms with van der Waals surface area (Å²) in [5, 5.41) is 0.483. The Morgan fingerprint density at radius 1 is 1.12 bits per heavy atom. The number of rotatable bonds is 5. The van der Waals surface area contributed by atoms with Crippen molar-refractivity contribution in [3.05, 3.63) is 42.2 Å². The standard InChI is InChI=1S/C25H32N4O4S/c1-17(2)34(30,31)25(8-12-32-13-9-25)22-15-23(29-11-14-33-16-18(29)3)28-24(27-22)20-5-4-6-21-19(20)7-10-26-21/h4-7,10,15,17-18,26H,8-9,11-14,16H2,1-3H3. The van der Waals surface area contributed by atoms with E-state index in [1.165, 1.54) is 0 Å². The molecule has 1 aromatic carbocycles. The average Bonchev–Trinajstić information content (AvgIpc) is 3.33. The lowest BCUT2D eigenvalue weighted by Crippen LogP contribution is -2.46. The highest BCUT2D eigenvalue weighted by atomic mass is 32.2. The van der Waals surface area contributed by atoms with Crippen LogP contribution in [0, 0.1) is 0 Å². The van der Waals surface area contributed by atoms with E-state index in [1.54, 1.807) is 13.8 Å². The zero-order valence-electron chi connectivity index (χ0n) is 20.0. The van der Waals surface area contributed by atoms with Crippen LogP contribution in [0.25, 0.3) is 22.3 Å². The first kappa shape index (κ1) is 23.3. The normalized spacial score (nSPS) is 21.3. The number of aromatic amines is 1. The highest BCUT2D eigenvalue weighted by molar-refractivity contribution is 7.92. The van der Waals surface area contributed by atoms with Crippen molar-refractivity contribution in [1.29, 1.82) is 0 Å². The SMILES string of the molecule is CC1COCCN1c1cc(C2(S(=O)(=O)C(C)C)CCOCC2)nc(-c2cccc3[nH]ccc23)n1. The minimum absolute atomic E-state index is 0.125. The first-order valence-corrected chi connectivity index (χ1v) is 13.5. The van der Waals surface area contributed by atoms with Crippen molar-refractivity contribution in [3.63, 3.8) is 0 Å². The summed E-state index contributed by atoms with van der Waals surface area (Å²) in [7, 11) is -3.53. The van der Waals surface area contributed by atoms with Crippen molar-refractivity contribution in [2.45, 2.75) is 49.7 Å². The summed E-state index contributed by atoms with van der Waals surface area (Å²) in [6.45, 7) is 8.28. The van der Waals surface area contributed by atoms with Crippen LogP contribution in [0.2, 0.25) is 0 Å². The van der Waals surface area contributed by atoms with Crippen molar-refractivity contribution in [2.75, 3.05) is 37.9 Å². The van der Waals surface area contributed by atoms with Gasteiger partial charge in [-0.3, -0.25) is 0 Å². The van der Waals surface area contributed by atoms with Gasteiger partial charge in [0, 0.05) is 48.5 Å². The van der Waals surface area contributed by atoms with E-state index < -0.39 is 19.8 Å². The lowest BCUT2D eigenvalue weighted by atomic mass is 9.94. The number of H-pyrrole nitrogens is 1. The van der Waals surface area contributed by atoms with E-state index in [-0.39, 0.29) is 6.04 Å². The van der Waals surface area contributed by atoms with Crippen LogP contribution in [0.15, 0.2) is 36.5 Å². The van der Waals surface area contributed by atoms with Crippen molar-refractivity contribution in [1.82, 2.24) is 15.0 Å². The first-order chi connectivity index (χ1) is 16.3. The number of hydrogen-bond acceptors (Lipinski definition) is 7. The monoisotopic (exact) mass is 484 g/mol. The van der Waals surface area contributed by atoms with Gasteiger partial charge >= 0.3 is 0 Å². The predicted molar refractivity (Wildman–Crippen MR) is 133 cm³/mol. The number of benzene rings is 1. The molecule has 0 saturated carbocycles. The number of morpholine rings is 1. The fourth-order valence-electron chi connectivity index (χ4n) is 5.12. The number of nitrogens with zero attached hydrogens (tertiary/aromatic N) is 3. The molecule has 2 saturated heterocycles. The molecule has 2 aromatic heterocycles. The molecular weight excluding hydrogens is 452 g/mol. The molecule has 0 radical (unpaired) electrons. The summed E-state index contributed by atoms with van der Waals surface area (Å²) >= 11 is 0. The van der Waals surface area contributed by atoms with Crippen LogP contribution in [-0.2, 0) is 24.1 Å². The average molecular weight is 485 g/mol. The smallest absolute Gasteiger partial charge is 0.164 e. The summed E-state index contributed by atoms with van der Waals surface area (Å²) in [6.07, 6.45) is 2.67. The quantitative estimate of drug-likeness (QED) is 0.590. The summed E-state index contributed by atoms with van der Waals surface area (Å²) < 4.78 is 37.8. The molecular formula is C25H32N4O4S. The molecule has 9 heteroatoms. The minimum Gasteiger partial charge on any atom is -0.381 e. The molecule has 1 N–H and O–H groups in total. The fourth-order valence-corrected chi connectivity index (χ4v) is 7.16. The van der Waals surface area contributed by atoms with Gasteiger partial charge in [0.1, 0.15) is 10.6 Å². The van der Waals surface area contributed by atoms with E-state index in [0.29, 0.717) is 57.3 Å². The highest BCUT2D eigenvalue weighted by Gasteiger charge is 2.49. The van der Waals surface area contributed by atoms with Gasteiger partial charge in [-0.25, -0.2) is 18.4 Å². The van der Waals surface area contributed by atoms with E-state index in [4.69, 9.17) is 19.4 Å². The third-order valence-corrected chi connectivity index (χ3v) is 10.1. The van der Waals surface area contributed by atoms with Crippen LogP contribution in [0.3, 0.4) is 0 Å². The van der Waals surface area contributed by atoms with Crippen LogP contribution in [0.5, 0.6) is 0 Å². The Morgan fingerprint density at radius 2 is 1.91 bits per heavy atom. The molecule has 1 atom stereocenters. The number of hydrogen-bond donors (Lipinski definition) is 1. The Balaban J connectivity index is 1.76. The van der Waals surface area contributed by atoms with Gasteiger partial charge in [0.2, 0.25) is 0 Å². The lowest BCUT2D eigenvalue weighted by Gasteiger charge is -2.39. The highest BCUT2D eigenvalue weighted by Crippen LogP contribution is 2.43. The van der Waals surface area contributed by atoms with E-state index in [0.717, 1.165) is 22.3 Å². The molecule has 5 rings (SSSR count).